The van der Waals surface area contributed by atoms with Crippen LogP contribution >= 0.6 is 11.3 Å². The van der Waals surface area contributed by atoms with Crippen molar-refractivity contribution in [2.45, 2.75) is 6.54 Å². The number of imidazole rings is 1. The van der Waals surface area contributed by atoms with Gasteiger partial charge in [0.1, 0.15) is 0 Å². The van der Waals surface area contributed by atoms with E-state index in [0.717, 1.165) is 27.4 Å². The molecular weight excluding hydrogens is 334 g/mol. The number of H-pyrrole nitrogens is 1. The van der Waals surface area contributed by atoms with Crippen molar-refractivity contribution in [1.29, 1.82) is 0 Å². The highest BCUT2D eigenvalue weighted by Crippen LogP contribution is 2.24. The predicted octanol–water partition coefficient (Wildman–Crippen LogP) is 4.01. The number of hydrogen-bond donors (Lipinski definition) is 3. The molecule has 4 aromatic rings. The number of hydrogen-bond acceptors (Lipinski definition) is 4. The lowest BCUT2D eigenvalue weighted by Gasteiger charge is -2.07. The van der Waals surface area contributed by atoms with Crippen LogP contribution in [-0.2, 0) is 6.54 Å². The molecule has 0 atom stereocenters. The van der Waals surface area contributed by atoms with Crippen molar-refractivity contribution in [2.24, 2.45) is 0 Å². The Bertz CT molecular complexity index is 995. The van der Waals surface area contributed by atoms with Crippen molar-refractivity contribution in [3.63, 3.8) is 0 Å². The van der Waals surface area contributed by atoms with Crippen LogP contribution in [0.25, 0.3) is 21.9 Å². The van der Waals surface area contributed by atoms with Crippen molar-refractivity contribution in [3.8, 4) is 10.8 Å². The molecule has 2 amide bonds. The van der Waals surface area contributed by atoms with Crippen molar-refractivity contribution >= 4 is 34.1 Å². The summed E-state index contributed by atoms with van der Waals surface area (Å²) in [5.74, 6) is 0.732. The Labute approximate surface area is 148 Å². The number of amides is 2. The second-order valence-electron chi connectivity index (χ2n) is 5.45. The molecule has 0 bridgehead atoms. The van der Waals surface area contributed by atoms with E-state index in [1.165, 1.54) is 11.3 Å². The lowest BCUT2D eigenvalue weighted by Crippen LogP contribution is -2.28. The fourth-order valence-corrected chi connectivity index (χ4v) is 3.06. The minimum absolute atomic E-state index is 0.247. The zero-order chi connectivity index (χ0) is 17.1. The van der Waals surface area contributed by atoms with E-state index in [4.69, 9.17) is 0 Å². The average Bonchev–Trinajstić information content (AvgIpc) is 3.30. The first-order valence-corrected chi connectivity index (χ1v) is 8.64. The quantitative estimate of drug-likeness (QED) is 0.520. The van der Waals surface area contributed by atoms with Crippen LogP contribution in [-0.4, -0.2) is 21.0 Å². The molecule has 4 rings (SSSR count). The number of urea groups is 1. The minimum Gasteiger partial charge on any atom is -0.336 e. The Morgan fingerprint density at radius 2 is 2.04 bits per heavy atom. The molecule has 0 aliphatic rings. The smallest absolute Gasteiger partial charge is 0.319 e. The predicted molar refractivity (Wildman–Crippen MR) is 99.5 cm³/mol. The van der Waals surface area contributed by atoms with Crippen LogP contribution in [0.15, 0.2) is 60.1 Å². The number of thiazole rings is 1. The number of aromatic amines is 1. The monoisotopic (exact) mass is 349 g/mol. The highest BCUT2D eigenvalue weighted by Gasteiger charge is 2.09. The van der Waals surface area contributed by atoms with E-state index >= 15 is 0 Å². The summed E-state index contributed by atoms with van der Waals surface area (Å²) in [5.41, 5.74) is 3.44. The maximum atomic E-state index is 12.1. The Hall–Kier alpha value is -3.19. The van der Waals surface area contributed by atoms with Crippen molar-refractivity contribution in [1.82, 2.24) is 20.3 Å². The molecule has 124 valence electrons. The molecule has 3 N–H and O–H groups in total. The van der Waals surface area contributed by atoms with Gasteiger partial charge in [-0.3, -0.25) is 0 Å². The van der Waals surface area contributed by atoms with Crippen molar-refractivity contribution < 1.29 is 4.79 Å². The van der Waals surface area contributed by atoms with E-state index in [0.29, 0.717) is 12.2 Å². The second-order valence-corrected chi connectivity index (χ2v) is 6.34. The van der Waals surface area contributed by atoms with Crippen LogP contribution in [0, 0.1) is 0 Å². The molecule has 0 radical (unpaired) electrons. The van der Waals surface area contributed by atoms with Crippen molar-refractivity contribution in [3.05, 3.63) is 65.7 Å². The largest absolute Gasteiger partial charge is 0.336 e. The summed E-state index contributed by atoms with van der Waals surface area (Å²) >= 11 is 1.53. The molecule has 0 aliphatic carbocycles. The summed E-state index contributed by atoms with van der Waals surface area (Å²) in [6.45, 7) is 0.479. The third kappa shape index (κ3) is 3.51. The molecule has 6 nitrogen and oxygen atoms in total. The van der Waals surface area contributed by atoms with Gasteiger partial charge in [-0.05, 0) is 23.8 Å². The van der Waals surface area contributed by atoms with Gasteiger partial charge in [0.15, 0.2) is 10.8 Å². The summed E-state index contributed by atoms with van der Waals surface area (Å²) in [4.78, 5) is 24.1. The maximum absolute atomic E-state index is 12.1. The molecule has 0 spiro atoms. The van der Waals surface area contributed by atoms with E-state index in [-0.39, 0.29) is 6.03 Å². The molecule has 2 aromatic carbocycles. The highest BCUT2D eigenvalue weighted by atomic mass is 32.1. The summed E-state index contributed by atoms with van der Waals surface area (Å²) in [7, 11) is 0. The number of nitrogens with one attached hydrogen (secondary N) is 3. The summed E-state index contributed by atoms with van der Waals surface area (Å²) in [5, 5.41) is 8.42. The van der Waals surface area contributed by atoms with Gasteiger partial charge in [-0.15, -0.1) is 11.3 Å². The van der Waals surface area contributed by atoms with Crippen LogP contribution in [0.5, 0.6) is 0 Å². The van der Waals surface area contributed by atoms with Gasteiger partial charge >= 0.3 is 6.03 Å². The first-order chi connectivity index (χ1) is 12.3. The van der Waals surface area contributed by atoms with Gasteiger partial charge in [0.2, 0.25) is 0 Å². The van der Waals surface area contributed by atoms with Gasteiger partial charge in [-0.25, -0.2) is 14.8 Å². The van der Waals surface area contributed by atoms with Crippen molar-refractivity contribution in [2.75, 3.05) is 5.32 Å². The minimum atomic E-state index is -0.247. The van der Waals surface area contributed by atoms with Gasteiger partial charge in [-0.1, -0.05) is 30.3 Å². The number of carbonyl (C=O) groups excluding carboxylic acids is 1. The number of fused-ring (bicyclic) bond motifs is 1. The number of benzene rings is 2. The first-order valence-electron chi connectivity index (χ1n) is 7.76. The van der Waals surface area contributed by atoms with E-state index < -0.39 is 0 Å². The summed E-state index contributed by atoms with van der Waals surface area (Å²) in [6, 6.07) is 15.1. The molecule has 7 heteroatoms. The number of anilines is 1. The molecular formula is C18H15N5OS. The molecule has 0 saturated carbocycles. The normalized spacial score (nSPS) is 10.7. The van der Waals surface area contributed by atoms with E-state index in [9.17, 15) is 4.79 Å². The Morgan fingerprint density at radius 1 is 1.16 bits per heavy atom. The van der Waals surface area contributed by atoms with E-state index in [1.807, 2.05) is 53.9 Å². The Balaban J connectivity index is 1.45. The topological polar surface area (TPSA) is 82.7 Å². The Morgan fingerprint density at radius 3 is 2.84 bits per heavy atom. The van der Waals surface area contributed by atoms with Gasteiger partial charge < -0.3 is 15.6 Å². The number of rotatable bonds is 4. The van der Waals surface area contributed by atoms with Crippen LogP contribution in [0.3, 0.4) is 0 Å². The van der Waals surface area contributed by atoms with Gasteiger partial charge in [0.05, 0.1) is 11.0 Å². The fraction of sp³-hybridized carbons (Fsp3) is 0.0556. The van der Waals surface area contributed by atoms with Crippen LogP contribution < -0.4 is 10.6 Å². The maximum Gasteiger partial charge on any atom is 0.319 e. The number of carbonyl (C=O) groups is 1. The molecule has 0 unspecified atom stereocenters. The Kier molecular flexibility index (Phi) is 4.14. The highest BCUT2D eigenvalue weighted by molar-refractivity contribution is 7.13. The SMILES string of the molecule is O=C(NCc1ccccc1)Nc1ccc2nc(-c3nccs3)[nH]c2c1. The molecule has 0 saturated heterocycles. The average molecular weight is 349 g/mol. The van der Waals surface area contributed by atoms with Gasteiger partial charge in [-0.2, -0.15) is 0 Å². The summed E-state index contributed by atoms with van der Waals surface area (Å²) in [6.07, 6.45) is 1.75. The first kappa shape index (κ1) is 15.3. The standard InChI is InChI=1S/C18H15N5OS/c24-18(20-11-12-4-2-1-3-5-12)21-13-6-7-14-15(10-13)23-16(22-14)17-19-8-9-25-17/h1-10H,11H2,(H,22,23)(H2,20,21,24). The third-order valence-electron chi connectivity index (χ3n) is 3.67. The third-order valence-corrected chi connectivity index (χ3v) is 4.45. The molecule has 0 aliphatic heterocycles. The zero-order valence-corrected chi connectivity index (χ0v) is 14.0. The molecule has 2 heterocycles. The van der Waals surface area contributed by atoms with Gasteiger partial charge in [0.25, 0.3) is 0 Å². The van der Waals surface area contributed by atoms with Crippen LogP contribution in [0.1, 0.15) is 5.56 Å². The lowest BCUT2D eigenvalue weighted by atomic mass is 10.2. The zero-order valence-electron chi connectivity index (χ0n) is 13.2. The molecule has 0 fully saturated rings. The van der Waals surface area contributed by atoms with Gasteiger partial charge in [0, 0.05) is 23.8 Å². The van der Waals surface area contributed by atoms with Crippen LogP contribution in [0.4, 0.5) is 10.5 Å². The van der Waals surface area contributed by atoms with Crippen LogP contribution in [0.2, 0.25) is 0 Å². The summed E-state index contributed by atoms with van der Waals surface area (Å²) < 4.78 is 0. The molecule has 25 heavy (non-hydrogen) atoms. The number of aromatic nitrogens is 3. The number of nitrogens with zero attached hydrogens (tertiary/aromatic N) is 2. The fourth-order valence-electron chi connectivity index (χ4n) is 2.48. The molecule has 2 aromatic heterocycles. The van der Waals surface area contributed by atoms with E-state index in [2.05, 4.69) is 25.6 Å². The second kappa shape index (κ2) is 6.74. The van der Waals surface area contributed by atoms with E-state index in [1.54, 1.807) is 6.20 Å². The lowest BCUT2D eigenvalue weighted by molar-refractivity contribution is 0.251.